The van der Waals surface area contributed by atoms with Gasteiger partial charge >= 0.3 is 0 Å². The van der Waals surface area contributed by atoms with Gasteiger partial charge in [0.15, 0.2) is 17.2 Å². The van der Waals surface area contributed by atoms with Crippen molar-refractivity contribution in [3.05, 3.63) is 164 Å². The van der Waals surface area contributed by atoms with Crippen LogP contribution in [0.2, 0.25) is 0 Å². The maximum atomic E-state index is 6.45. The van der Waals surface area contributed by atoms with E-state index in [-0.39, 0.29) is 0 Å². The van der Waals surface area contributed by atoms with Gasteiger partial charge in [-0.25, -0.2) is 9.97 Å². The molecule has 0 atom stereocenters. The van der Waals surface area contributed by atoms with Gasteiger partial charge in [-0.1, -0.05) is 109 Å². The molecule has 7 aromatic carbocycles. The number of para-hydroxylation sites is 4. The summed E-state index contributed by atoms with van der Waals surface area (Å²) in [5, 5.41) is 4.22. The molecule has 0 bridgehead atoms. The minimum atomic E-state index is 0.552. The van der Waals surface area contributed by atoms with Crippen LogP contribution in [-0.4, -0.2) is 24.5 Å². The second-order valence-corrected chi connectivity index (χ2v) is 13.1. The van der Waals surface area contributed by atoms with Crippen LogP contribution in [0.4, 0.5) is 0 Å². The van der Waals surface area contributed by atoms with E-state index in [0.717, 1.165) is 82.7 Å². The summed E-state index contributed by atoms with van der Waals surface area (Å²) < 4.78 is 14.6. The lowest BCUT2D eigenvalue weighted by Crippen LogP contribution is -2.06. The monoisotopic (exact) mass is 681 g/mol. The molecule has 0 radical (unpaired) electrons. The van der Waals surface area contributed by atoms with Crippen LogP contribution in [0.3, 0.4) is 0 Å². The summed E-state index contributed by atoms with van der Waals surface area (Å²) in [6.45, 7) is 0. The van der Waals surface area contributed by atoms with Crippen LogP contribution >= 0.6 is 0 Å². The number of hydrogen-bond donors (Lipinski definition) is 0. The first kappa shape index (κ1) is 29.4. The molecule has 11 aromatic rings. The van der Waals surface area contributed by atoms with E-state index in [2.05, 4.69) is 101 Å². The van der Waals surface area contributed by atoms with Gasteiger partial charge in [0.2, 0.25) is 11.8 Å². The molecule has 0 N–H and O–H groups in total. The molecular weight excluding hydrogens is 655 g/mol. The Kier molecular flexibility index (Phi) is 6.42. The zero-order valence-electron chi connectivity index (χ0n) is 28.1. The molecule has 0 saturated carbocycles. The van der Waals surface area contributed by atoms with Gasteiger partial charge in [0.05, 0.1) is 11.0 Å². The number of fused-ring (bicyclic) bond motifs is 7. The van der Waals surface area contributed by atoms with Gasteiger partial charge in [0.1, 0.15) is 16.7 Å². The third kappa shape index (κ3) is 4.75. The number of benzene rings is 7. The topological polar surface area (TPSA) is 82.8 Å². The first-order valence-electron chi connectivity index (χ1n) is 17.5. The summed E-state index contributed by atoms with van der Waals surface area (Å²) in [6, 6.07) is 55.3. The van der Waals surface area contributed by atoms with Crippen LogP contribution in [0.1, 0.15) is 0 Å². The number of nitrogens with zero attached hydrogens (tertiary/aromatic N) is 5. The van der Waals surface area contributed by atoms with E-state index in [0.29, 0.717) is 23.5 Å². The van der Waals surface area contributed by atoms with Gasteiger partial charge < -0.3 is 8.83 Å². The van der Waals surface area contributed by atoms with Crippen molar-refractivity contribution < 1.29 is 8.83 Å². The Morgan fingerprint density at radius 2 is 1.06 bits per heavy atom. The Bertz CT molecular complexity index is 3090. The fourth-order valence-corrected chi connectivity index (χ4v) is 7.43. The van der Waals surface area contributed by atoms with Crippen molar-refractivity contribution >= 4 is 54.8 Å². The van der Waals surface area contributed by atoms with E-state index in [4.69, 9.17) is 23.8 Å². The summed E-state index contributed by atoms with van der Waals surface area (Å²) in [6.07, 6.45) is 0. The molecule has 11 rings (SSSR count). The van der Waals surface area contributed by atoms with E-state index in [1.807, 2.05) is 72.8 Å². The molecule has 53 heavy (non-hydrogen) atoms. The predicted octanol–water partition coefficient (Wildman–Crippen LogP) is 11.7. The van der Waals surface area contributed by atoms with Crippen LogP contribution in [0.5, 0.6) is 0 Å². The zero-order valence-corrected chi connectivity index (χ0v) is 28.1. The Morgan fingerprint density at radius 1 is 0.396 bits per heavy atom. The molecule has 0 spiro atoms. The maximum Gasteiger partial charge on any atom is 0.238 e. The fraction of sp³-hybridized carbons (Fsp3) is 0. The maximum absolute atomic E-state index is 6.45. The molecule has 7 nitrogen and oxygen atoms in total. The van der Waals surface area contributed by atoms with E-state index in [9.17, 15) is 0 Å². The van der Waals surface area contributed by atoms with Gasteiger partial charge in [-0.05, 0) is 65.7 Å². The number of aromatic nitrogens is 5. The Hall–Kier alpha value is -7.38. The van der Waals surface area contributed by atoms with Crippen molar-refractivity contribution in [1.82, 2.24) is 24.5 Å². The van der Waals surface area contributed by atoms with Gasteiger partial charge in [0.25, 0.3) is 0 Å². The highest BCUT2D eigenvalue weighted by molar-refractivity contribution is 6.13. The molecule has 0 aliphatic carbocycles. The van der Waals surface area contributed by atoms with E-state index in [1.165, 1.54) is 0 Å². The number of rotatable bonds is 5. The summed E-state index contributed by atoms with van der Waals surface area (Å²) in [5.41, 5.74) is 10.1. The van der Waals surface area contributed by atoms with E-state index >= 15 is 0 Å². The first-order valence-corrected chi connectivity index (χ1v) is 17.5. The first-order chi connectivity index (χ1) is 26.2. The second kappa shape index (κ2) is 11.6. The number of oxazole rings is 1. The molecule has 0 amide bonds. The van der Waals surface area contributed by atoms with Crippen LogP contribution in [0, 0.1) is 0 Å². The van der Waals surface area contributed by atoms with Crippen LogP contribution in [-0.2, 0) is 0 Å². The highest BCUT2D eigenvalue weighted by atomic mass is 16.3. The highest BCUT2D eigenvalue weighted by Crippen LogP contribution is 2.39. The fourth-order valence-electron chi connectivity index (χ4n) is 7.43. The van der Waals surface area contributed by atoms with E-state index in [1.54, 1.807) is 0 Å². The van der Waals surface area contributed by atoms with Crippen LogP contribution in [0.25, 0.3) is 106 Å². The van der Waals surface area contributed by atoms with Crippen molar-refractivity contribution in [3.8, 4) is 51.3 Å². The average molecular weight is 682 g/mol. The Balaban J connectivity index is 1.09. The summed E-state index contributed by atoms with van der Waals surface area (Å²) >= 11 is 0. The third-order valence-electron chi connectivity index (χ3n) is 9.93. The van der Waals surface area contributed by atoms with Crippen molar-refractivity contribution in [2.45, 2.75) is 0 Å². The van der Waals surface area contributed by atoms with Crippen LogP contribution < -0.4 is 0 Å². The molecule has 0 saturated heterocycles. The number of furan rings is 1. The number of hydrogen-bond acceptors (Lipinski definition) is 6. The largest absolute Gasteiger partial charge is 0.456 e. The minimum Gasteiger partial charge on any atom is -0.456 e. The lowest BCUT2D eigenvalue weighted by atomic mass is 9.99. The molecular formula is C46H27N5O2. The van der Waals surface area contributed by atoms with Crippen molar-refractivity contribution in [2.75, 3.05) is 0 Å². The van der Waals surface area contributed by atoms with Gasteiger partial charge in [-0.15, -0.1) is 0 Å². The second-order valence-electron chi connectivity index (χ2n) is 13.1. The lowest BCUT2D eigenvalue weighted by Gasteiger charge is -2.11. The van der Waals surface area contributed by atoms with Crippen molar-refractivity contribution in [3.63, 3.8) is 0 Å². The van der Waals surface area contributed by atoms with Crippen molar-refractivity contribution in [2.24, 2.45) is 0 Å². The Labute approximate surface area is 302 Å². The smallest absolute Gasteiger partial charge is 0.238 e. The minimum absolute atomic E-state index is 0.552. The average Bonchev–Trinajstić information content (AvgIpc) is 3.93. The molecule has 248 valence electrons. The molecule has 4 aromatic heterocycles. The van der Waals surface area contributed by atoms with E-state index < -0.39 is 0 Å². The summed E-state index contributed by atoms with van der Waals surface area (Å²) in [7, 11) is 0. The highest BCUT2D eigenvalue weighted by Gasteiger charge is 2.20. The van der Waals surface area contributed by atoms with Crippen LogP contribution in [0.15, 0.2) is 173 Å². The van der Waals surface area contributed by atoms with Crippen molar-refractivity contribution in [1.29, 1.82) is 0 Å². The Morgan fingerprint density at radius 3 is 1.85 bits per heavy atom. The molecule has 7 heteroatoms. The molecule has 4 heterocycles. The molecule has 0 unspecified atom stereocenters. The summed E-state index contributed by atoms with van der Waals surface area (Å²) in [5.74, 6) is 2.32. The summed E-state index contributed by atoms with van der Waals surface area (Å²) in [4.78, 5) is 20.1. The quantitative estimate of drug-likeness (QED) is 0.180. The van der Waals surface area contributed by atoms with Gasteiger partial charge in [-0.3, -0.25) is 4.57 Å². The standard InChI is InChI=1S/C46H27N5O2/c1-2-11-29(12-3-1)43-48-44(50-46(49-43)51-37-17-7-4-13-32(37)33-14-5-8-18-38(33)51)34-15-10-20-41-42(34)35-27-31(25-26-39(35)52-41)28-21-23-30(24-22-28)45-47-36-16-6-9-19-40(36)53-45/h1-27H. The molecule has 0 aliphatic rings. The zero-order chi connectivity index (χ0) is 34.9. The van der Waals surface area contributed by atoms with Gasteiger partial charge in [-0.2, -0.15) is 9.97 Å². The van der Waals surface area contributed by atoms with Gasteiger partial charge in [0, 0.05) is 38.2 Å². The normalized spacial score (nSPS) is 11.8. The lowest BCUT2D eigenvalue weighted by molar-refractivity contribution is 0.620. The third-order valence-corrected chi connectivity index (χ3v) is 9.93. The SMILES string of the molecule is c1ccc(-c2nc(-c3cccc4oc5ccc(-c6ccc(-c7nc8ccccc8o7)cc6)cc5c34)nc(-n3c4ccccc4c4ccccc43)n2)cc1. The molecule has 0 fully saturated rings. The predicted molar refractivity (Wildman–Crippen MR) is 211 cm³/mol. The molecule has 0 aliphatic heterocycles.